The molecule has 0 spiro atoms. The van der Waals surface area contributed by atoms with Gasteiger partial charge in [0.2, 0.25) is 0 Å². The highest BCUT2D eigenvalue weighted by Gasteiger charge is 2.42. The predicted molar refractivity (Wildman–Crippen MR) is 165 cm³/mol. The minimum Gasteiger partial charge on any atom is -0.444 e. The Balaban J connectivity index is 1.19. The Morgan fingerprint density at radius 1 is 1.05 bits per heavy atom. The van der Waals surface area contributed by atoms with Crippen LogP contribution in [-0.4, -0.2) is 118 Å². The van der Waals surface area contributed by atoms with Crippen LogP contribution in [0.25, 0.3) is 0 Å². The van der Waals surface area contributed by atoms with E-state index < -0.39 is 5.60 Å². The second-order valence-corrected chi connectivity index (χ2v) is 15.0. The molecule has 40 heavy (non-hydrogen) atoms. The molecule has 3 amide bonds. The molecule has 2 atom stereocenters. The normalized spacial score (nSPS) is 26.4. The fourth-order valence-electron chi connectivity index (χ4n) is 7.18. The monoisotopic (exact) mass is 669 g/mol. The molecule has 224 valence electrons. The zero-order valence-corrected chi connectivity index (χ0v) is 27.6. The van der Waals surface area contributed by atoms with Gasteiger partial charge in [-0.3, -0.25) is 9.58 Å². The summed E-state index contributed by atoms with van der Waals surface area (Å²) in [4.78, 5) is 35.8. The highest BCUT2D eigenvalue weighted by Crippen LogP contribution is 2.39. The van der Waals surface area contributed by atoms with Crippen LogP contribution in [0, 0.1) is 16.4 Å². The number of carbonyl (C=O) groups excluding carboxylic acids is 2. The molecule has 0 aliphatic carbocycles. The first kappa shape index (κ1) is 29.7. The topological polar surface area (TPSA) is 77.4 Å². The van der Waals surface area contributed by atoms with Crippen LogP contribution < -0.4 is 4.90 Å². The second kappa shape index (κ2) is 11.1. The van der Waals surface area contributed by atoms with E-state index in [9.17, 15) is 9.59 Å². The van der Waals surface area contributed by atoms with Crippen LogP contribution in [-0.2, 0) is 4.74 Å². The zero-order valence-electron chi connectivity index (χ0n) is 25.5. The standard InChI is InChI=1S/C29H48IN7O3/c1-20-24(30)25(31-37(20)22-9-11-34(12-10-22)27(39)40-28(2,3)4)36-13-8-21(16-29(36,5)6)17-33-14-15-35-23(19-33)18-32(7)26(35)38/h21-23H,8-19H2,1-7H3/t21-,23?/m1/s1. The molecule has 5 heterocycles. The predicted octanol–water partition coefficient (Wildman–Crippen LogP) is 4.41. The Bertz CT molecular complexity index is 1110. The number of amides is 3. The fourth-order valence-corrected chi connectivity index (χ4v) is 7.83. The van der Waals surface area contributed by atoms with E-state index in [1.54, 1.807) is 0 Å². The Kier molecular flexibility index (Phi) is 8.28. The van der Waals surface area contributed by atoms with Crippen LogP contribution in [0.3, 0.4) is 0 Å². The molecule has 1 aromatic rings. The molecule has 0 aromatic carbocycles. The van der Waals surface area contributed by atoms with E-state index in [-0.39, 0.29) is 17.7 Å². The van der Waals surface area contributed by atoms with Gasteiger partial charge in [0.25, 0.3) is 0 Å². The van der Waals surface area contributed by atoms with Crippen molar-refractivity contribution in [2.24, 2.45) is 5.92 Å². The maximum atomic E-state index is 12.5. The third kappa shape index (κ3) is 6.05. The molecule has 0 bridgehead atoms. The fraction of sp³-hybridized carbons (Fsp3) is 0.828. The van der Waals surface area contributed by atoms with Gasteiger partial charge in [0.05, 0.1) is 21.3 Å². The molecule has 1 aromatic heterocycles. The van der Waals surface area contributed by atoms with E-state index in [1.807, 2.05) is 37.6 Å². The highest BCUT2D eigenvalue weighted by molar-refractivity contribution is 14.1. The first-order chi connectivity index (χ1) is 18.7. The molecule has 0 radical (unpaired) electrons. The lowest BCUT2D eigenvalue weighted by molar-refractivity contribution is 0.0184. The summed E-state index contributed by atoms with van der Waals surface area (Å²) in [7, 11) is 1.92. The number of anilines is 1. The smallest absolute Gasteiger partial charge is 0.410 e. The number of rotatable bonds is 4. The third-order valence-corrected chi connectivity index (χ3v) is 10.5. The molecule has 4 aliphatic rings. The number of piperidine rings is 2. The van der Waals surface area contributed by atoms with Gasteiger partial charge in [-0.05, 0) is 95.7 Å². The summed E-state index contributed by atoms with van der Waals surface area (Å²) in [6.45, 7) is 19.8. The quantitative estimate of drug-likeness (QED) is 0.443. The van der Waals surface area contributed by atoms with Crippen LogP contribution in [0.2, 0.25) is 0 Å². The minimum atomic E-state index is -0.472. The Morgan fingerprint density at radius 3 is 2.40 bits per heavy atom. The van der Waals surface area contributed by atoms with Crippen molar-refractivity contribution in [2.75, 3.05) is 64.3 Å². The number of hydrogen-bond donors (Lipinski definition) is 0. The molecule has 5 rings (SSSR count). The number of carbonyl (C=O) groups is 2. The lowest BCUT2D eigenvalue weighted by atomic mass is 9.82. The molecule has 4 saturated heterocycles. The third-order valence-electron chi connectivity index (χ3n) is 9.20. The summed E-state index contributed by atoms with van der Waals surface area (Å²) < 4.78 is 9.05. The first-order valence-corrected chi connectivity index (χ1v) is 16.1. The number of hydrogen-bond acceptors (Lipinski definition) is 6. The summed E-state index contributed by atoms with van der Waals surface area (Å²) >= 11 is 2.48. The molecule has 11 heteroatoms. The number of likely N-dealkylation sites (tertiary alicyclic amines) is 1. The van der Waals surface area contributed by atoms with E-state index >= 15 is 0 Å². The van der Waals surface area contributed by atoms with Crippen molar-refractivity contribution >= 4 is 40.5 Å². The molecule has 1 unspecified atom stereocenters. The van der Waals surface area contributed by atoms with Crippen molar-refractivity contribution in [3.05, 3.63) is 9.26 Å². The van der Waals surface area contributed by atoms with Crippen LogP contribution in [0.1, 0.15) is 72.0 Å². The lowest BCUT2D eigenvalue weighted by Crippen LogP contribution is -2.56. The van der Waals surface area contributed by atoms with Gasteiger partial charge in [-0.15, -0.1) is 0 Å². The van der Waals surface area contributed by atoms with Gasteiger partial charge < -0.3 is 24.3 Å². The average Bonchev–Trinajstić information content (AvgIpc) is 3.32. The second-order valence-electron chi connectivity index (χ2n) is 14.0. The zero-order chi connectivity index (χ0) is 29.0. The van der Waals surface area contributed by atoms with Crippen molar-refractivity contribution in [2.45, 2.75) is 90.4 Å². The van der Waals surface area contributed by atoms with E-state index in [2.05, 4.69) is 62.7 Å². The summed E-state index contributed by atoms with van der Waals surface area (Å²) in [5.74, 6) is 1.75. The van der Waals surface area contributed by atoms with Crippen LogP contribution >= 0.6 is 22.6 Å². The molecular weight excluding hydrogens is 621 g/mol. The number of halogens is 1. The molecule has 4 aliphatic heterocycles. The maximum absolute atomic E-state index is 12.5. The SMILES string of the molecule is Cc1c(I)c(N2CC[C@@H](CN3CCN4C(=O)N(C)CC4C3)CC2(C)C)nn1C1CCN(C(=O)OC(C)(C)C)CC1. The number of nitrogens with zero attached hydrogens (tertiary/aromatic N) is 7. The lowest BCUT2D eigenvalue weighted by Gasteiger charge is -2.48. The summed E-state index contributed by atoms with van der Waals surface area (Å²) in [5.41, 5.74) is 0.762. The molecule has 10 nitrogen and oxygen atoms in total. The van der Waals surface area contributed by atoms with Gasteiger partial charge in [-0.25, -0.2) is 9.59 Å². The van der Waals surface area contributed by atoms with E-state index in [0.717, 1.165) is 70.8 Å². The Hall–Kier alpha value is -1.76. The van der Waals surface area contributed by atoms with Crippen molar-refractivity contribution < 1.29 is 14.3 Å². The van der Waals surface area contributed by atoms with Crippen molar-refractivity contribution in [1.29, 1.82) is 0 Å². The first-order valence-electron chi connectivity index (χ1n) is 15.0. The van der Waals surface area contributed by atoms with E-state index in [4.69, 9.17) is 9.84 Å². The number of ether oxygens (including phenoxy) is 1. The number of fused-ring (bicyclic) bond motifs is 1. The van der Waals surface area contributed by atoms with Crippen LogP contribution in [0.5, 0.6) is 0 Å². The minimum absolute atomic E-state index is 0.0138. The Morgan fingerprint density at radius 2 is 1.75 bits per heavy atom. The average molecular weight is 670 g/mol. The molecule has 0 saturated carbocycles. The van der Waals surface area contributed by atoms with Crippen molar-refractivity contribution in [3.63, 3.8) is 0 Å². The van der Waals surface area contributed by atoms with Crippen molar-refractivity contribution in [3.8, 4) is 0 Å². The molecule has 4 fully saturated rings. The van der Waals surface area contributed by atoms with Gasteiger partial charge in [0.1, 0.15) is 5.60 Å². The van der Waals surface area contributed by atoms with Gasteiger partial charge in [-0.2, -0.15) is 5.10 Å². The van der Waals surface area contributed by atoms with Crippen LogP contribution in [0.4, 0.5) is 15.4 Å². The van der Waals surface area contributed by atoms with Gasteiger partial charge in [0.15, 0.2) is 5.82 Å². The summed E-state index contributed by atoms with van der Waals surface area (Å²) in [6.07, 6.45) is 3.85. The number of urea groups is 1. The molecular formula is C29H48IN7O3. The highest BCUT2D eigenvalue weighted by atomic mass is 127. The van der Waals surface area contributed by atoms with Gasteiger partial charge in [0, 0.05) is 64.9 Å². The van der Waals surface area contributed by atoms with Crippen molar-refractivity contribution in [1.82, 2.24) is 29.4 Å². The molecule has 0 N–H and O–H groups in total. The van der Waals surface area contributed by atoms with E-state index in [0.29, 0.717) is 31.1 Å². The van der Waals surface area contributed by atoms with Gasteiger partial charge in [-0.1, -0.05) is 0 Å². The number of piperazine rings is 1. The maximum Gasteiger partial charge on any atom is 0.410 e. The van der Waals surface area contributed by atoms with Crippen LogP contribution in [0.15, 0.2) is 0 Å². The largest absolute Gasteiger partial charge is 0.444 e. The Labute approximate surface area is 253 Å². The van der Waals surface area contributed by atoms with E-state index in [1.165, 1.54) is 9.26 Å². The number of aromatic nitrogens is 2. The summed E-state index contributed by atoms with van der Waals surface area (Å²) in [5, 5.41) is 5.22. The number of likely N-dealkylation sites (N-methyl/N-ethyl adjacent to an activating group) is 1. The summed E-state index contributed by atoms with van der Waals surface area (Å²) in [6, 6.07) is 0.822. The van der Waals surface area contributed by atoms with Gasteiger partial charge >= 0.3 is 12.1 Å².